The molecule has 2 atom stereocenters. The van der Waals surface area contributed by atoms with E-state index in [4.69, 9.17) is 19.5 Å². The van der Waals surface area contributed by atoms with Crippen LogP contribution in [0.4, 0.5) is 0 Å². The molecule has 31 heavy (non-hydrogen) atoms. The van der Waals surface area contributed by atoms with Gasteiger partial charge in [-0.15, -0.1) is 0 Å². The van der Waals surface area contributed by atoms with Gasteiger partial charge in [0.15, 0.2) is 11.2 Å². The van der Waals surface area contributed by atoms with Gasteiger partial charge in [0.2, 0.25) is 0 Å². The lowest BCUT2D eigenvalue weighted by Gasteiger charge is -2.32. The molecule has 5 rings (SSSR count). The molecular formula is C26H22B2OP2. The Morgan fingerprint density at radius 2 is 0.903 bits per heavy atom. The smallest absolute Gasteiger partial charge is 0.173 e. The Bertz CT molecular complexity index is 1270. The Balaban J connectivity index is 1.77. The first-order valence-corrected chi connectivity index (χ1v) is 14.9. The molecule has 1 heterocycles. The Morgan fingerprint density at radius 1 is 0.516 bits per heavy atom. The van der Waals surface area contributed by atoms with E-state index in [0.29, 0.717) is 0 Å². The molecule has 4 aromatic carbocycles. The third-order valence-electron chi connectivity index (χ3n) is 6.07. The van der Waals surface area contributed by atoms with E-state index < -0.39 is 14.3 Å². The van der Waals surface area contributed by atoms with Crippen molar-refractivity contribution in [1.82, 2.24) is 0 Å². The normalized spacial score (nSPS) is 15.6. The summed E-state index contributed by atoms with van der Waals surface area (Å²) in [6.07, 6.45) is 0. The van der Waals surface area contributed by atoms with Crippen molar-refractivity contribution in [3.8, 4) is 0 Å². The van der Waals surface area contributed by atoms with E-state index in [2.05, 4.69) is 74.0 Å². The minimum atomic E-state index is -2.08. The van der Waals surface area contributed by atoms with Gasteiger partial charge >= 0.3 is 0 Å². The summed E-state index contributed by atoms with van der Waals surface area (Å²) < 4.78 is 6.63. The summed E-state index contributed by atoms with van der Waals surface area (Å²) in [4.78, 5) is 0. The standard InChI is InChI=1S/C26H22B2OP2/c1-30(27,19-11-5-3-6-12-19)23-17-9-15-21-22-16-10-18-24(26(22)29-25(21)23)31(2,28)20-13-7-4-8-14-20/h3-18H,1-2H3. The molecule has 0 aliphatic carbocycles. The Labute approximate surface area is 187 Å². The predicted octanol–water partition coefficient (Wildman–Crippen LogP) is 4.95. The van der Waals surface area contributed by atoms with Crippen LogP contribution in [-0.2, 0) is 0 Å². The molecule has 0 amide bonds. The SMILES string of the molecule is [B-][P+](C)(c1ccccc1)c1cccc2c1oc1c([P+]([B-])(C)c3ccccc3)cccc12. The molecule has 0 aliphatic rings. The third kappa shape index (κ3) is 3.36. The molecule has 0 bridgehead atoms. The first-order chi connectivity index (χ1) is 14.9. The molecular weight excluding hydrogens is 412 g/mol. The molecule has 6 radical (unpaired) electrons. The molecule has 2 unspecified atom stereocenters. The lowest BCUT2D eigenvalue weighted by molar-refractivity contribution is 0.674. The summed E-state index contributed by atoms with van der Waals surface area (Å²) in [7, 11) is 9.84. The largest absolute Gasteiger partial charge is 0.448 e. The highest BCUT2D eigenvalue weighted by atomic mass is 31.2. The lowest BCUT2D eigenvalue weighted by Crippen LogP contribution is -2.22. The summed E-state index contributed by atoms with van der Waals surface area (Å²) in [5.41, 5.74) is 1.75. The van der Waals surface area contributed by atoms with Gasteiger partial charge in [0.25, 0.3) is 0 Å². The van der Waals surface area contributed by atoms with Crippen LogP contribution in [-0.4, -0.2) is 28.5 Å². The first kappa shape index (κ1) is 20.6. The summed E-state index contributed by atoms with van der Waals surface area (Å²) in [5.74, 6) is 0. The van der Waals surface area contributed by atoms with Crippen molar-refractivity contribution >= 4 is 72.6 Å². The van der Waals surface area contributed by atoms with Gasteiger partial charge in [-0.1, -0.05) is 60.7 Å². The number of hydrogen-bond acceptors (Lipinski definition) is 1. The van der Waals surface area contributed by atoms with Crippen LogP contribution in [0.15, 0.2) is 101 Å². The fourth-order valence-corrected chi connectivity index (χ4v) is 8.38. The fraction of sp³-hybridized carbons (Fsp3) is 0.0769. The second-order valence-electron chi connectivity index (χ2n) is 8.23. The average Bonchev–Trinajstić information content (AvgIpc) is 3.19. The summed E-state index contributed by atoms with van der Waals surface area (Å²) >= 11 is 0. The molecule has 0 N–H and O–H groups in total. The van der Waals surface area contributed by atoms with E-state index >= 15 is 0 Å². The zero-order chi connectivity index (χ0) is 21.6. The van der Waals surface area contributed by atoms with Gasteiger partial charge in [-0.3, -0.25) is 15.1 Å². The van der Waals surface area contributed by atoms with Crippen molar-refractivity contribution < 1.29 is 4.42 Å². The maximum absolute atomic E-state index is 7.00. The molecule has 0 saturated heterocycles. The highest BCUT2D eigenvalue weighted by molar-refractivity contribution is 8.08. The zero-order valence-corrected chi connectivity index (χ0v) is 19.5. The number of hydrogen-bond donors (Lipinski definition) is 0. The maximum Gasteiger partial charge on any atom is 0.173 e. The van der Waals surface area contributed by atoms with Crippen LogP contribution in [0.5, 0.6) is 0 Å². The highest BCUT2D eigenvalue weighted by Crippen LogP contribution is 2.52. The summed E-state index contributed by atoms with van der Waals surface area (Å²) in [5, 5.41) is 6.66. The topological polar surface area (TPSA) is 13.1 Å². The number of para-hydroxylation sites is 2. The lowest BCUT2D eigenvalue weighted by atomic mass is 10.1. The molecule has 0 saturated carbocycles. The maximum atomic E-state index is 7.00. The van der Waals surface area contributed by atoms with Crippen LogP contribution in [0.2, 0.25) is 0 Å². The molecule has 5 aromatic rings. The van der Waals surface area contributed by atoms with E-state index in [-0.39, 0.29) is 0 Å². The van der Waals surface area contributed by atoms with Gasteiger partial charge in [0.1, 0.15) is 0 Å². The number of furan rings is 1. The van der Waals surface area contributed by atoms with Crippen LogP contribution >= 0.6 is 14.3 Å². The minimum absolute atomic E-state index is 0.875. The van der Waals surface area contributed by atoms with Crippen molar-refractivity contribution in [2.45, 2.75) is 0 Å². The van der Waals surface area contributed by atoms with E-state index in [1.54, 1.807) is 0 Å². The zero-order valence-electron chi connectivity index (χ0n) is 17.7. The van der Waals surface area contributed by atoms with Gasteiger partial charge in [-0.25, -0.2) is 0 Å². The van der Waals surface area contributed by atoms with Crippen LogP contribution in [0.3, 0.4) is 0 Å². The number of rotatable bonds is 4. The average molecular weight is 434 g/mol. The Morgan fingerprint density at radius 3 is 1.29 bits per heavy atom. The van der Waals surface area contributed by atoms with Gasteiger partial charge in [-0.05, 0) is 36.4 Å². The quantitative estimate of drug-likeness (QED) is 0.288. The van der Waals surface area contributed by atoms with Crippen LogP contribution in [0.25, 0.3) is 21.9 Å². The molecule has 0 aliphatic heterocycles. The molecule has 0 spiro atoms. The van der Waals surface area contributed by atoms with Gasteiger partial charge in [0.05, 0.1) is 10.6 Å². The molecule has 0 fully saturated rings. The van der Waals surface area contributed by atoms with Crippen molar-refractivity contribution in [3.05, 3.63) is 97.1 Å². The fourth-order valence-electron chi connectivity index (χ4n) is 4.28. The van der Waals surface area contributed by atoms with Crippen LogP contribution in [0.1, 0.15) is 0 Å². The van der Waals surface area contributed by atoms with Gasteiger partial charge in [0, 0.05) is 34.7 Å². The van der Waals surface area contributed by atoms with E-state index in [1.807, 2.05) is 36.4 Å². The van der Waals surface area contributed by atoms with Crippen LogP contribution in [0, 0.1) is 0 Å². The third-order valence-corrected chi connectivity index (χ3v) is 11.5. The Hall–Kier alpha value is -2.33. The summed E-state index contributed by atoms with van der Waals surface area (Å²) in [6.45, 7) is 4.30. The predicted molar refractivity (Wildman–Crippen MR) is 142 cm³/mol. The molecule has 1 nitrogen and oxygen atoms in total. The van der Waals surface area contributed by atoms with E-state index in [9.17, 15) is 0 Å². The van der Waals surface area contributed by atoms with E-state index in [1.165, 1.54) is 0 Å². The Kier molecular flexibility index (Phi) is 5.09. The summed E-state index contributed by atoms with van der Waals surface area (Å²) in [6, 6.07) is 33.3. The second-order valence-corrected chi connectivity index (χ2v) is 14.5. The highest BCUT2D eigenvalue weighted by Gasteiger charge is 2.28. The minimum Gasteiger partial charge on any atom is -0.448 e. The van der Waals surface area contributed by atoms with E-state index in [0.717, 1.165) is 43.2 Å². The first-order valence-electron chi connectivity index (χ1n) is 10.3. The molecule has 5 heteroatoms. The van der Waals surface area contributed by atoms with Crippen molar-refractivity contribution in [2.24, 2.45) is 0 Å². The second kappa shape index (κ2) is 7.67. The van der Waals surface area contributed by atoms with Gasteiger partial charge < -0.3 is 4.42 Å². The number of benzene rings is 4. The number of fused-ring (bicyclic) bond motifs is 3. The molecule has 148 valence electrons. The van der Waals surface area contributed by atoms with Gasteiger partial charge in [-0.2, -0.15) is 14.3 Å². The van der Waals surface area contributed by atoms with Crippen molar-refractivity contribution in [1.29, 1.82) is 0 Å². The monoisotopic (exact) mass is 434 g/mol. The van der Waals surface area contributed by atoms with Crippen molar-refractivity contribution in [3.63, 3.8) is 0 Å². The molecule has 1 aromatic heterocycles. The van der Waals surface area contributed by atoms with Crippen molar-refractivity contribution in [2.75, 3.05) is 13.3 Å². The van der Waals surface area contributed by atoms with Crippen LogP contribution < -0.4 is 21.2 Å².